The largest absolute Gasteiger partial charge is 0.493 e. The highest BCUT2D eigenvalue weighted by molar-refractivity contribution is 7.92. The standard InChI is InChI=1S/C20H24ClNO5S2/c1-15(2)14-27-17-5-9-19(10-6-17)29(25,26)22-12-11-20(13-22)28(23,24)18-7-3-16(21)4-8-18/h3-10,15,20H,11-14H2,1-2H3. The maximum Gasteiger partial charge on any atom is 0.243 e. The van der Waals surface area contributed by atoms with Crippen LogP contribution >= 0.6 is 11.6 Å². The monoisotopic (exact) mass is 457 g/mol. The van der Waals surface area contributed by atoms with Gasteiger partial charge < -0.3 is 4.74 Å². The van der Waals surface area contributed by atoms with Crippen LogP contribution in [0.3, 0.4) is 0 Å². The van der Waals surface area contributed by atoms with Crippen molar-refractivity contribution in [3.8, 4) is 5.75 Å². The van der Waals surface area contributed by atoms with Crippen LogP contribution in [-0.2, 0) is 19.9 Å². The van der Waals surface area contributed by atoms with Crippen LogP contribution in [0.15, 0.2) is 58.3 Å². The first-order valence-corrected chi connectivity index (χ1v) is 12.7. The van der Waals surface area contributed by atoms with Gasteiger partial charge in [0, 0.05) is 18.1 Å². The van der Waals surface area contributed by atoms with Gasteiger partial charge in [0.15, 0.2) is 9.84 Å². The molecule has 3 rings (SSSR count). The smallest absolute Gasteiger partial charge is 0.243 e. The molecule has 2 aromatic carbocycles. The molecule has 1 fully saturated rings. The van der Waals surface area contributed by atoms with Crippen LogP contribution in [0.25, 0.3) is 0 Å². The number of rotatable bonds is 7. The van der Waals surface area contributed by atoms with Crippen LogP contribution in [0.1, 0.15) is 20.3 Å². The van der Waals surface area contributed by atoms with Crippen molar-refractivity contribution in [1.82, 2.24) is 4.31 Å². The molecule has 0 aliphatic carbocycles. The Kier molecular flexibility index (Phi) is 6.57. The van der Waals surface area contributed by atoms with Gasteiger partial charge in [0.1, 0.15) is 5.75 Å². The van der Waals surface area contributed by atoms with Crippen LogP contribution < -0.4 is 4.74 Å². The molecule has 29 heavy (non-hydrogen) atoms. The molecule has 1 aliphatic heterocycles. The molecule has 0 saturated carbocycles. The summed E-state index contributed by atoms with van der Waals surface area (Å²) in [6, 6.07) is 12.1. The first kappa shape index (κ1) is 22.1. The highest BCUT2D eigenvalue weighted by Gasteiger charge is 2.39. The molecule has 0 aromatic heterocycles. The van der Waals surface area contributed by atoms with E-state index < -0.39 is 25.1 Å². The second kappa shape index (κ2) is 8.63. The predicted octanol–water partition coefficient (Wildman–Crippen LogP) is 3.61. The molecule has 0 spiro atoms. The van der Waals surface area contributed by atoms with E-state index in [4.69, 9.17) is 16.3 Å². The van der Waals surface area contributed by atoms with Gasteiger partial charge in [-0.3, -0.25) is 0 Å². The fourth-order valence-corrected chi connectivity index (χ4v) is 6.52. The van der Waals surface area contributed by atoms with E-state index in [0.29, 0.717) is 23.3 Å². The van der Waals surface area contributed by atoms with E-state index in [-0.39, 0.29) is 29.3 Å². The molecule has 0 N–H and O–H groups in total. The Morgan fingerprint density at radius 2 is 1.59 bits per heavy atom. The molecule has 1 atom stereocenters. The summed E-state index contributed by atoms with van der Waals surface area (Å²) in [5.74, 6) is 0.963. The van der Waals surface area contributed by atoms with Crippen molar-refractivity contribution in [3.63, 3.8) is 0 Å². The minimum atomic E-state index is -3.78. The van der Waals surface area contributed by atoms with Gasteiger partial charge in [-0.05, 0) is 60.9 Å². The molecule has 1 aliphatic rings. The summed E-state index contributed by atoms with van der Waals surface area (Å²) in [7, 11) is -7.41. The number of nitrogens with zero attached hydrogens (tertiary/aromatic N) is 1. The third-order valence-electron chi connectivity index (χ3n) is 4.73. The van der Waals surface area contributed by atoms with Crippen molar-refractivity contribution in [2.45, 2.75) is 35.3 Å². The second-order valence-corrected chi connectivity index (χ2v) is 12.1. The molecule has 2 aromatic rings. The van der Waals surface area contributed by atoms with Gasteiger partial charge in [-0.1, -0.05) is 25.4 Å². The van der Waals surface area contributed by atoms with Crippen molar-refractivity contribution in [2.75, 3.05) is 19.7 Å². The fraction of sp³-hybridized carbons (Fsp3) is 0.400. The zero-order valence-electron chi connectivity index (χ0n) is 16.3. The van der Waals surface area contributed by atoms with E-state index in [9.17, 15) is 16.8 Å². The van der Waals surface area contributed by atoms with E-state index in [1.807, 2.05) is 13.8 Å². The SMILES string of the molecule is CC(C)COc1ccc(S(=O)(=O)N2CCC(S(=O)(=O)c3ccc(Cl)cc3)C2)cc1. The quantitative estimate of drug-likeness (QED) is 0.634. The molecular formula is C20H24ClNO5S2. The maximum atomic E-state index is 12.9. The van der Waals surface area contributed by atoms with Crippen molar-refractivity contribution in [2.24, 2.45) is 5.92 Å². The molecular weight excluding hydrogens is 434 g/mol. The van der Waals surface area contributed by atoms with Crippen LogP contribution in [-0.4, -0.2) is 46.1 Å². The lowest BCUT2D eigenvalue weighted by Crippen LogP contribution is -2.32. The van der Waals surface area contributed by atoms with Crippen molar-refractivity contribution < 1.29 is 21.6 Å². The van der Waals surface area contributed by atoms with Crippen molar-refractivity contribution in [3.05, 3.63) is 53.6 Å². The van der Waals surface area contributed by atoms with E-state index in [0.717, 1.165) is 0 Å². The van der Waals surface area contributed by atoms with Gasteiger partial charge in [-0.15, -0.1) is 0 Å². The fourth-order valence-electron chi connectivity index (χ4n) is 3.11. The van der Waals surface area contributed by atoms with Crippen LogP contribution in [0.4, 0.5) is 0 Å². The number of halogens is 1. The molecule has 6 nitrogen and oxygen atoms in total. The van der Waals surface area contributed by atoms with Crippen LogP contribution in [0, 0.1) is 5.92 Å². The summed E-state index contributed by atoms with van der Waals surface area (Å²) in [5.41, 5.74) is 0. The number of sulfone groups is 1. The Hall–Kier alpha value is -1.61. The Labute approximate surface area is 177 Å². The van der Waals surface area contributed by atoms with Gasteiger partial charge in [0.2, 0.25) is 10.0 Å². The number of benzene rings is 2. The lowest BCUT2D eigenvalue weighted by atomic mass is 10.2. The van der Waals surface area contributed by atoms with Gasteiger partial charge in [0.05, 0.1) is 21.6 Å². The first-order chi connectivity index (χ1) is 13.6. The van der Waals surface area contributed by atoms with Gasteiger partial charge >= 0.3 is 0 Å². The van der Waals surface area contributed by atoms with E-state index in [1.165, 1.54) is 40.7 Å². The lowest BCUT2D eigenvalue weighted by molar-refractivity contribution is 0.271. The average Bonchev–Trinajstić information content (AvgIpc) is 3.19. The Morgan fingerprint density at radius 3 is 2.17 bits per heavy atom. The molecule has 1 unspecified atom stereocenters. The number of ether oxygens (including phenoxy) is 1. The Morgan fingerprint density at radius 1 is 1.00 bits per heavy atom. The summed E-state index contributed by atoms with van der Waals surface area (Å²) in [6.07, 6.45) is 0.250. The summed E-state index contributed by atoms with van der Waals surface area (Å²) in [5, 5.41) is -0.340. The summed E-state index contributed by atoms with van der Waals surface area (Å²) < 4.78 is 58.4. The highest BCUT2D eigenvalue weighted by atomic mass is 35.5. The zero-order chi connectivity index (χ0) is 21.2. The van der Waals surface area contributed by atoms with Crippen molar-refractivity contribution in [1.29, 1.82) is 0 Å². The number of hydrogen-bond donors (Lipinski definition) is 0. The van der Waals surface area contributed by atoms with E-state index >= 15 is 0 Å². The Bertz CT molecular complexity index is 1050. The summed E-state index contributed by atoms with van der Waals surface area (Å²) >= 11 is 5.83. The first-order valence-electron chi connectivity index (χ1n) is 9.33. The van der Waals surface area contributed by atoms with E-state index in [1.54, 1.807) is 12.1 Å². The van der Waals surface area contributed by atoms with Crippen LogP contribution in [0.2, 0.25) is 5.02 Å². The minimum absolute atomic E-state index is 0.0705. The molecule has 1 heterocycles. The highest BCUT2D eigenvalue weighted by Crippen LogP contribution is 2.29. The predicted molar refractivity (Wildman–Crippen MR) is 113 cm³/mol. The van der Waals surface area contributed by atoms with Gasteiger partial charge in [-0.2, -0.15) is 4.31 Å². The lowest BCUT2D eigenvalue weighted by Gasteiger charge is -2.17. The maximum absolute atomic E-state index is 12.9. The minimum Gasteiger partial charge on any atom is -0.493 e. The average molecular weight is 458 g/mol. The van der Waals surface area contributed by atoms with E-state index in [2.05, 4.69) is 0 Å². The molecule has 0 amide bonds. The third kappa shape index (κ3) is 4.94. The van der Waals surface area contributed by atoms with Crippen LogP contribution in [0.5, 0.6) is 5.75 Å². The number of sulfonamides is 1. The molecule has 158 valence electrons. The van der Waals surface area contributed by atoms with Gasteiger partial charge in [-0.25, -0.2) is 16.8 Å². The zero-order valence-corrected chi connectivity index (χ0v) is 18.7. The van der Waals surface area contributed by atoms with Crippen molar-refractivity contribution >= 4 is 31.5 Å². The Balaban J connectivity index is 1.73. The number of hydrogen-bond acceptors (Lipinski definition) is 5. The molecule has 0 radical (unpaired) electrons. The van der Waals surface area contributed by atoms with Gasteiger partial charge in [0.25, 0.3) is 0 Å². The molecule has 9 heteroatoms. The topological polar surface area (TPSA) is 80.8 Å². The second-order valence-electron chi connectivity index (χ2n) is 7.45. The third-order valence-corrected chi connectivity index (χ3v) is 9.06. The summed E-state index contributed by atoms with van der Waals surface area (Å²) in [4.78, 5) is 0.275. The molecule has 0 bridgehead atoms. The molecule has 1 saturated heterocycles. The summed E-state index contributed by atoms with van der Waals surface area (Å²) in [6.45, 7) is 4.69. The normalized spacial score (nSPS) is 18.3.